The van der Waals surface area contributed by atoms with E-state index in [2.05, 4.69) is 4.74 Å². The lowest BCUT2D eigenvalue weighted by molar-refractivity contribution is 0.120. The maximum atomic E-state index is 14.1. The van der Waals surface area contributed by atoms with Crippen molar-refractivity contribution >= 4 is 17.8 Å². The fourth-order valence-electron chi connectivity index (χ4n) is 2.21. The monoisotopic (exact) mass is 352 g/mol. The van der Waals surface area contributed by atoms with Crippen LogP contribution in [0.1, 0.15) is 23.6 Å². The zero-order valence-corrected chi connectivity index (χ0v) is 14.4. The third-order valence-corrected chi connectivity index (χ3v) is 3.88. The lowest BCUT2D eigenvalue weighted by Gasteiger charge is -2.14. The van der Waals surface area contributed by atoms with Gasteiger partial charge in [0, 0.05) is 5.02 Å². The van der Waals surface area contributed by atoms with Crippen molar-refractivity contribution in [2.75, 3.05) is 7.11 Å². The molecule has 0 bridgehead atoms. The Morgan fingerprint density at radius 1 is 1.25 bits per heavy atom. The largest absolute Gasteiger partial charge is 0.513 e. The molecule has 6 heteroatoms. The second-order valence-corrected chi connectivity index (χ2v) is 5.53. The van der Waals surface area contributed by atoms with Crippen LogP contribution >= 0.6 is 11.6 Å². The van der Waals surface area contributed by atoms with E-state index in [9.17, 15) is 9.18 Å². The van der Waals surface area contributed by atoms with Crippen molar-refractivity contribution in [2.24, 2.45) is 0 Å². The quantitative estimate of drug-likeness (QED) is 0.556. The Kier molecular flexibility index (Phi) is 6.04. The number of rotatable bonds is 5. The van der Waals surface area contributed by atoms with Gasteiger partial charge < -0.3 is 14.2 Å². The predicted molar refractivity (Wildman–Crippen MR) is 89.3 cm³/mol. The fourth-order valence-corrected chi connectivity index (χ4v) is 2.49. The van der Waals surface area contributed by atoms with Crippen LogP contribution in [0.3, 0.4) is 0 Å². The first-order valence-corrected chi connectivity index (χ1v) is 7.79. The molecule has 0 aliphatic rings. The summed E-state index contributed by atoms with van der Waals surface area (Å²) in [4.78, 5) is 11.3. The van der Waals surface area contributed by atoms with Crippen molar-refractivity contribution in [2.45, 2.75) is 26.9 Å². The summed E-state index contributed by atoms with van der Waals surface area (Å²) in [6.07, 6.45) is -0.113. The molecule has 0 N–H and O–H groups in total. The Bertz CT molecular complexity index is 746. The highest BCUT2D eigenvalue weighted by Crippen LogP contribution is 2.29. The molecule has 0 spiro atoms. The molecule has 24 heavy (non-hydrogen) atoms. The number of ether oxygens (including phenoxy) is 3. The third-order valence-electron chi connectivity index (χ3n) is 3.53. The summed E-state index contributed by atoms with van der Waals surface area (Å²) < 4.78 is 29.1. The van der Waals surface area contributed by atoms with E-state index in [1.165, 1.54) is 25.3 Å². The van der Waals surface area contributed by atoms with Crippen LogP contribution in [0.25, 0.3) is 0 Å². The molecule has 0 saturated heterocycles. The number of benzene rings is 2. The summed E-state index contributed by atoms with van der Waals surface area (Å²) in [5.41, 5.74) is 2.03. The van der Waals surface area contributed by atoms with Gasteiger partial charge in [0.25, 0.3) is 0 Å². The van der Waals surface area contributed by atoms with Gasteiger partial charge in [0.05, 0.1) is 12.7 Å². The van der Waals surface area contributed by atoms with Crippen LogP contribution in [0.2, 0.25) is 5.02 Å². The highest BCUT2D eigenvalue weighted by molar-refractivity contribution is 6.31. The summed E-state index contributed by atoms with van der Waals surface area (Å²) >= 11 is 6.19. The number of halogens is 2. The van der Waals surface area contributed by atoms with Gasteiger partial charge in [-0.25, -0.2) is 9.18 Å². The van der Waals surface area contributed by atoms with Gasteiger partial charge in [-0.05, 0) is 42.7 Å². The summed E-state index contributed by atoms with van der Waals surface area (Å²) in [7, 11) is 1.18. The molecule has 2 rings (SSSR count). The van der Waals surface area contributed by atoms with Crippen molar-refractivity contribution in [1.82, 2.24) is 0 Å². The summed E-state index contributed by atoms with van der Waals surface area (Å²) in [5.74, 6) is 0.0607. The van der Waals surface area contributed by atoms with E-state index < -0.39 is 12.0 Å². The molecule has 0 saturated carbocycles. The van der Waals surface area contributed by atoms with E-state index in [-0.39, 0.29) is 17.9 Å². The summed E-state index contributed by atoms with van der Waals surface area (Å²) in [5, 5.41) is 0.595. The van der Waals surface area contributed by atoms with Crippen molar-refractivity contribution in [3.63, 3.8) is 0 Å². The molecule has 0 aliphatic heterocycles. The molecule has 0 unspecified atom stereocenters. The summed E-state index contributed by atoms with van der Waals surface area (Å²) in [6, 6.07) is 7.82. The van der Waals surface area contributed by atoms with Gasteiger partial charge in [-0.1, -0.05) is 30.7 Å². The number of carbonyl (C=O) groups excluding carboxylic acids is 1. The number of aryl methyl sites for hydroxylation is 2. The minimum Gasteiger partial charge on any atom is -0.488 e. The van der Waals surface area contributed by atoms with Crippen LogP contribution in [-0.4, -0.2) is 13.3 Å². The first kappa shape index (κ1) is 18.1. The minimum atomic E-state index is -0.923. The lowest BCUT2D eigenvalue weighted by atomic mass is 10.1. The van der Waals surface area contributed by atoms with E-state index >= 15 is 0 Å². The molecule has 4 nitrogen and oxygen atoms in total. The smallest absolute Gasteiger partial charge is 0.488 e. The molecule has 2 aromatic carbocycles. The number of hydrogen-bond acceptors (Lipinski definition) is 4. The third kappa shape index (κ3) is 4.17. The normalized spacial score (nSPS) is 10.4. The summed E-state index contributed by atoms with van der Waals surface area (Å²) in [6.45, 7) is 3.79. The average Bonchev–Trinajstić information content (AvgIpc) is 2.56. The van der Waals surface area contributed by atoms with Crippen molar-refractivity contribution in [3.05, 3.63) is 57.9 Å². The first-order chi connectivity index (χ1) is 11.5. The van der Waals surface area contributed by atoms with Crippen LogP contribution < -0.4 is 9.47 Å². The van der Waals surface area contributed by atoms with Crippen LogP contribution in [0.5, 0.6) is 11.5 Å². The van der Waals surface area contributed by atoms with E-state index in [1.807, 2.05) is 19.9 Å². The van der Waals surface area contributed by atoms with Crippen LogP contribution in [0.4, 0.5) is 9.18 Å². The van der Waals surface area contributed by atoms with E-state index in [0.717, 1.165) is 17.5 Å². The predicted octanol–water partition coefficient (Wildman–Crippen LogP) is 5.07. The second-order valence-electron chi connectivity index (χ2n) is 5.12. The molecule has 0 radical (unpaired) electrons. The molecule has 0 aromatic heterocycles. The van der Waals surface area contributed by atoms with E-state index in [0.29, 0.717) is 10.8 Å². The zero-order valence-electron chi connectivity index (χ0n) is 13.7. The van der Waals surface area contributed by atoms with Crippen LogP contribution in [-0.2, 0) is 17.8 Å². The van der Waals surface area contributed by atoms with Gasteiger partial charge in [-0.3, -0.25) is 0 Å². The standard InChI is InChI=1S/C18H18ClFO4/c1-4-12-8-11(2)17(9-14(12)19)23-10-13-15(20)6-5-7-16(13)24-18(21)22-3/h5-9H,4,10H2,1-3H3. The molecular formula is C18H18ClFO4. The van der Waals surface area contributed by atoms with E-state index in [4.69, 9.17) is 21.1 Å². The Morgan fingerprint density at radius 3 is 2.67 bits per heavy atom. The SMILES string of the molecule is CCc1cc(C)c(OCc2c(F)cccc2OC(=O)OC)cc1Cl. The number of carbonyl (C=O) groups is 1. The zero-order chi connectivity index (χ0) is 17.7. The second kappa shape index (κ2) is 8.02. The van der Waals surface area contributed by atoms with E-state index in [1.54, 1.807) is 6.07 Å². The molecule has 0 atom stereocenters. The topological polar surface area (TPSA) is 44.8 Å². The first-order valence-electron chi connectivity index (χ1n) is 7.41. The number of methoxy groups -OCH3 is 1. The highest BCUT2D eigenvalue weighted by Gasteiger charge is 2.15. The molecule has 2 aromatic rings. The molecule has 0 heterocycles. The van der Waals surface area contributed by atoms with Crippen LogP contribution in [0, 0.1) is 12.7 Å². The van der Waals surface area contributed by atoms with Crippen LogP contribution in [0.15, 0.2) is 30.3 Å². The molecule has 0 aliphatic carbocycles. The Morgan fingerprint density at radius 2 is 2.00 bits per heavy atom. The maximum Gasteiger partial charge on any atom is 0.513 e. The molecule has 128 valence electrons. The minimum absolute atomic E-state index is 0.0516. The molecule has 0 amide bonds. The number of hydrogen-bond donors (Lipinski definition) is 0. The molecule has 0 fully saturated rings. The van der Waals surface area contributed by atoms with Gasteiger partial charge in [0.1, 0.15) is 23.9 Å². The fraction of sp³-hybridized carbons (Fsp3) is 0.278. The lowest BCUT2D eigenvalue weighted by Crippen LogP contribution is -2.11. The van der Waals surface area contributed by atoms with Gasteiger partial charge in [0.15, 0.2) is 0 Å². The van der Waals surface area contributed by atoms with Crippen molar-refractivity contribution in [1.29, 1.82) is 0 Å². The van der Waals surface area contributed by atoms with Crippen molar-refractivity contribution < 1.29 is 23.4 Å². The van der Waals surface area contributed by atoms with Gasteiger partial charge in [-0.2, -0.15) is 0 Å². The van der Waals surface area contributed by atoms with Gasteiger partial charge in [0.2, 0.25) is 0 Å². The Balaban J connectivity index is 2.23. The van der Waals surface area contributed by atoms with Gasteiger partial charge in [-0.15, -0.1) is 0 Å². The Hall–Kier alpha value is -2.27. The highest BCUT2D eigenvalue weighted by atomic mass is 35.5. The maximum absolute atomic E-state index is 14.1. The Labute approximate surface area is 145 Å². The average molecular weight is 353 g/mol. The molecular weight excluding hydrogens is 335 g/mol. The van der Waals surface area contributed by atoms with Gasteiger partial charge >= 0.3 is 6.16 Å². The van der Waals surface area contributed by atoms with Crippen molar-refractivity contribution in [3.8, 4) is 11.5 Å².